The van der Waals surface area contributed by atoms with Gasteiger partial charge in [-0.05, 0) is 27.0 Å². The number of rotatable bonds is 5. The summed E-state index contributed by atoms with van der Waals surface area (Å²) in [6, 6.07) is 1.52. The third kappa shape index (κ3) is 3.36. The van der Waals surface area contributed by atoms with Crippen LogP contribution in [0.1, 0.15) is 28.8 Å². The molecule has 0 aromatic carbocycles. The number of aryl methyl sites for hydroxylation is 1. The maximum absolute atomic E-state index is 10.8. The van der Waals surface area contributed by atoms with E-state index in [4.69, 9.17) is 9.52 Å². The van der Waals surface area contributed by atoms with E-state index in [0.29, 0.717) is 24.6 Å². The Morgan fingerprint density at radius 2 is 2.25 bits per heavy atom. The van der Waals surface area contributed by atoms with Gasteiger partial charge in [-0.3, -0.25) is 4.90 Å². The number of furan rings is 1. The van der Waals surface area contributed by atoms with E-state index >= 15 is 0 Å². The summed E-state index contributed by atoms with van der Waals surface area (Å²) >= 11 is 0. The molecule has 1 aromatic rings. The van der Waals surface area contributed by atoms with Crippen molar-refractivity contribution in [2.75, 3.05) is 13.6 Å². The standard InChI is InChI=1S/C11H17NO4/c1-7(13)5-12(3)6-9-4-10(11(14)15)8(2)16-9/h4,7,13H,5-6H2,1-3H3,(H,14,15). The van der Waals surface area contributed by atoms with Gasteiger partial charge >= 0.3 is 5.97 Å². The van der Waals surface area contributed by atoms with Crippen LogP contribution in [-0.4, -0.2) is 40.8 Å². The number of carbonyl (C=O) groups is 1. The van der Waals surface area contributed by atoms with Crippen LogP contribution in [0.5, 0.6) is 0 Å². The number of likely N-dealkylation sites (N-methyl/N-ethyl adjacent to an activating group) is 1. The lowest BCUT2D eigenvalue weighted by molar-refractivity contribution is 0.0695. The monoisotopic (exact) mass is 227 g/mol. The average Bonchev–Trinajstić information content (AvgIpc) is 2.44. The van der Waals surface area contributed by atoms with E-state index in [1.54, 1.807) is 13.8 Å². The Labute approximate surface area is 94.3 Å². The second-order valence-corrected chi connectivity index (χ2v) is 4.03. The quantitative estimate of drug-likeness (QED) is 0.788. The minimum atomic E-state index is -0.981. The molecule has 0 bridgehead atoms. The normalized spacial score (nSPS) is 13.1. The lowest BCUT2D eigenvalue weighted by Gasteiger charge is -2.16. The summed E-state index contributed by atoms with van der Waals surface area (Å²) in [6.07, 6.45) is -0.417. The van der Waals surface area contributed by atoms with E-state index in [1.165, 1.54) is 6.07 Å². The summed E-state index contributed by atoms with van der Waals surface area (Å²) < 4.78 is 5.32. The third-order valence-electron chi connectivity index (χ3n) is 2.20. The number of nitrogens with zero attached hydrogens (tertiary/aromatic N) is 1. The predicted molar refractivity (Wildman–Crippen MR) is 58.4 cm³/mol. The molecule has 0 aliphatic carbocycles. The number of hydrogen-bond acceptors (Lipinski definition) is 4. The molecule has 1 rings (SSSR count). The minimum absolute atomic E-state index is 0.195. The van der Waals surface area contributed by atoms with Crippen molar-refractivity contribution in [3.63, 3.8) is 0 Å². The van der Waals surface area contributed by atoms with Gasteiger partial charge in [0.15, 0.2) is 0 Å². The third-order valence-corrected chi connectivity index (χ3v) is 2.20. The molecule has 1 heterocycles. The maximum atomic E-state index is 10.8. The Morgan fingerprint density at radius 3 is 2.69 bits per heavy atom. The van der Waals surface area contributed by atoms with Gasteiger partial charge in [0.2, 0.25) is 0 Å². The highest BCUT2D eigenvalue weighted by Crippen LogP contribution is 2.15. The first-order chi connectivity index (χ1) is 7.40. The first-order valence-electron chi connectivity index (χ1n) is 5.09. The smallest absolute Gasteiger partial charge is 0.339 e. The van der Waals surface area contributed by atoms with Gasteiger partial charge in [-0.1, -0.05) is 0 Å². The van der Waals surface area contributed by atoms with Crippen molar-refractivity contribution < 1.29 is 19.4 Å². The van der Waals surface area contributed by atoms with Gasteiger partial charge < -0.3 is 14.6 Å². The number of carboxylic acids is 1. The Bertz CT molecular complexity index is 370. The van der Waals surface area contributed by atoms with Gasteiger partial charge in [-0.15, -0.1) is 0 Å². The molecular formula is C11H17NO4. The lowest BCUT2D eigenvalue weighted by atomic mass is 10.2. The molecule has 0 aliphatic rings. The van der Waals surface area contributed by atoms with Crippen LogP contribution in [0.25, 0.3) is 0 Å². The summed E-state index contributed by atoms with van der Waals surface area (Å²) in [4.78, 5) is 12.7. The molecule has 0 saturated carbocycles. The van der Waals surface area contributed by atoms with Crippen LogP contribution in [0, 0.1) is 6.92 Å². The highest BCUT2D eigenvalue weighted by molar-refractivity contribution is 5.88. The van der Waals surface area contributed by atoms with Crippen LogP contribution in [0.4, 0.5) is 0 Å². The van der Waals surface area contributed by atoms with Crippen LogP contribution >= 0.6 is 0 Å². The first kappa shape index (κ1) is 12.7. The SMILES string of the molecule is Cc1oc(CN(C)CC(C)O)cc1C(=O)O. The zero-order valence-electron chi connectivity index (χ0n) is 9.73. The zero-order valence-corrected chi connectivity index (χ0v) is 9.73. The Morgan fingerprint density at radius 1 is 1.62 bits per heavy atom. The maximum Gasteiger partial charge on any atom is 0.339 e. The van der Waals surface area contributed by atoms with E-state index in [-0.39, 0.29) is 5.56 Å². The Balaban J connectivity index is 2.68. The molecule has 1 atom stereocenters. The van der Waals surface area contributed by atoms with Crippen LogP contribution in [0.2, 0.25) is 0 Å². The van der Waals surface area contributed by atoms with Crippen molar-refractivity contribution in [3.05, 3.63) is 23.2 Å². The highest BCUT2D eigenvalue weighted by Gasteiger charge is 2.14. The van der Waals surface area contributed by atoms with Crippen molar-refractivity contribution in [1.29, 1.82) is 0 Å². The largest absolute Gasteiger partial charge is 0.478 e. The number of aliphatic hydroxyl groups excluding tert-OH is 1. The molecule has 0 fully saturated rings. The van der Waals surface area contributed by atoms with Crippen LogP contribution in [0.15, 0.2) is 10.5 Å². The molecule has 1 unspecified atom stereocenters. The molecule has 5 nitrogen and oxygen atoms in total. The van der Waals surface area contributed by atoms with Gasteiger partial charge in [0.1, 0.15) is 17.1 Å². The molecule has 2 N–H and O–H groups in total. The molecule has 0 radical (unpaired) electrons. The van der Waals surface area contributed by atoms with E-state index in [9.17, 15) is 9.90 Å². The highest BCUT2D eigenvalue weighted by atomic mass is 16.4. The first-order valence-corrected chi connectivity index (χ1v) is 5.09. The molecule has 5 heteroatoms. The summed E-state index contributed by atoms with van der Waals surface area (Å²) in [5, 5.41) is 18.0. The van der Waals surface area contributed by atoms with E-state index in [1.807, 2.05) is 11.9 Å². The summed E-state index contributed by atoms with van der Waals surface area (Å²) in [5.41, 5.74) is 0.195. The second-order valence-electron chi connectivity index (χ2n) is 4.03. The molecule has 0 aliphatic heterocycles. The van der Waals surface area contributed by atoms with Gasteiger partial charge in [-0.25, -0.2) is 4.79 Å². The number of carboxylic acid groups (broad SMARTS) is 1. The van der Waals surface area contributed by atoms with E-state index in [0.717, 1.165) is 0 Å². The Kier molecular flexibility index (Phi) is 4.09. The van der Waals surface area contributed by atoms with Crippen molar-refractivity contribution in [1.82, 2.24) is 4.90 Å². The van der Waals surface area contributed by atoms with Crippen LogP contribution in [-0.2, 0) is 6.54 Å². The molecular weight excluding hydrogens is 210 g/mol. The molecule has 0 amide bonds. The summed E-state index contributed by atoms with van der Waals surface area (Å²) in [5.74, 6) is 0.0247. The van der Waals surface area contributed by atoms with Crippen molar-refractivity contribution in [3.8, 4) is 0 Å². The van der Waals surface area contributed by atoms with E-state index < -0.39 is 12.1 Å². The fourth-order valence-corrected chi connectivity index (χ4v) is 1.62. The van der Waals surface area contributed by atoms with Gasteiger partial charge in [0.25, 0.3) is 0 Å². The number of aliphatic hydroxyl groups is 1. The fraction of sp³-hybridized carbons (Fsp3) is 0.545. The molecule has 90 valence electrons. The summed E-state index contributed by atoms with van der Waals surface area (Å²) in [6.45, 7) is 4.33. The summed E-state index contributed by atoms with van der Waals surface area (Å²) in [7, 11) is 1.84. The van der Waals surface area contributed by atoms with Crippen molar-refractivity contribution in [2.45, 2.75) is 26.5 Å². The number of aromatic carboxylic acids is 1. The minimum Gasteiger partial charge on any atom is -0.478 e. The Hall–Kier alpha value is -1.33. The number of hydrogen-bond donors (Lipinski definition) is 2. The topological polar surface area (TPSA) is 73.9 Å². The van der Waals surface area contributed by atoms with E-state index in [2.05, 4.69) is 0 Å². The van der Waals surface area contributed by atoms with Gasteiger partial charge in [-0.2, -0.15) is 0 Å². The fourth-order valence-electron chi connectivity index (χ4n) is 1.62. The van der Waals surface area contributed by atoms with Gasteiger partial charge in [0, 0.05) is 6.54 Å². The second kappa shape index (κ2) is 5.14. The molecule has 16 heavy (non-hydrogen) atoms. The molecule has 1 aromatic heterocycles. The van der Waals surface area contributed by atoms with Crippen LogP contribution in [0.3, 0.4) is 0 Å². The molecule has 0 saturated heterocycles. The van der Waals surface area contributed by atoms with Crippen LogP contribution < -0.4 is 0 Å². The lowest BCUT2D eigenvalue weighted by Crippen LogP contribution is -2.26. The zero-order chi connectivity index (χ0) is 12.3. The predicted octanol–water partition coefficient (Wildman–Crippen LogP) is 1.10. The molecule has 0 spiro atoms. The van der Waals surface area contributed by atoms with Crippen molar-refractivity contribution in [2.24, 2.45) is 0 Å². The van der Waals surface area contributed by atoms with Crippen molar-refractivity contribution >= 4 is 5.97 Å². The van der Waals surface area contributed by atoms with Gasteiger partial charge in [0.05, 0.1) is 12.6 Å². The average molecular weight is 227 g/mol.